The van der Waals surface area contributed by atoms with Crippen LogP contribution < -0.4 is 18.9 Å². The minimum absolute atomic E-state index is 0.222. The maximum atomic E-state index is 6.16. The summed E-state index contributed by atoms with van der Waals surface area (Å²) in [5, 5.41) is 0. The third-order valence-electron chi connectivity index (χ3n) is 5.28. The summed E-state index contributed by atoms with van der Waals surface area (Å²) in [6.45, 7) is 4.39. The van der Waals surface area contributed by atoms with Gasteiger partial charge in [-0.15, -0.1) is 0 Å². The number of fused-ring (bicyclic) bond motifs is 1. The van der Waals surface area contributed by atoms with Crippen molar-refractivity contribution in [3.63, 3.8) is 0 Å². The number of rotatable bonds is 7. The SMILES string of the molecule is CCc1cc(CC)c(Oc2ccc3c(c2)OCO3)nc1Oc1ccc(-n2ccnc2)cc1. The molecular weight excluding hydrogens is 406 g/mol. The topological polar surface area (TPSA) is 67.6 Å². The summed E-state index contributed by atoms with van der Waals surface area (Å²) in [6.07, 6.45) is 7.00. The summed E-state index contributed by atoms with van der Waals surface area (Å²) >= 11 is 0. The lowest BCUT2D eigenvalue weighted by Crippen LogP contribution is -2.01. The van der Waals surface area contributed by atoms with Crippen molar-refractivity contribution >= 4 is 0 Å². The molecule has 32 heavy (non-hydrogen) atoms. The van der Waals surface area contributed by atoms with Gasteiger partial charge in [0.2, 0.25) is 18.6 Å². The van der Waals surface area contributed by atoms with E-state index in [0.717, 1.165) is 29.7 Å². The molecule has 0 amide bonds. The average molecular weight is 429 g/mol. The first-order valence-electron chi connectivity index (χ1n) is 10.6. The molecule has 3 heterocycles. The second-order valence-corrected chi connectivity index (χ2v) is 7.31. The number of imidazole rings is 1. The Balaban J connectivity index is 1.43. The first-order chi connectivity index (χ1) is 15.7. The van der Waals surface area contributed by atoms with Crippen molar-refractivity contribution in [1.29, 1.82) is 0 Å². The Morgan fingerprint density at radius 1 is 0.844 bits per heavy atom. The van der Waals surface area contributed by atoms with Gasteiger partial charge < -0.3 is 23.5 Å². The van der Waals surface area contributed by atoms with Crippen LogP contribution in [0.15, 0.2) is 67.3 Å². The highest BCUT2D eigenvalue weighted by Crippen LogP contribution is 2.38. The standard InChI is InChI=1S/C25H23N3O4/c1-3-17-13-18(4-2)25(32-21-9-10-22-23(14-21)30-16-29-22)27-24(17)31-20-7-5-19(6-8-20)28-12-11-26-15-28/h5-15H,3-4,16H2,1-2H3. The highest BCUT2D eigenvalue weighted by molar-refractivity contribution is 5.49. The van der Waals surface area contributed by atoms with Crippen molar-refractivity contribution in [3.05, 3.63) is 78.4 Å². The normalized spacial score (nSPS) is 12.1. The second kappa shape index (κ2) is 8.63. The van der Waals surface area contributed by atoms with E-state index in [9.17, 15) is 0 Å². The maximum Gasteiger partial charge on any atom is 0.231 e. The van der Waals surface area contributed by atoms with Crippen LogP contribution in [0, 0.1) is 0 Å². The molecule has 2 aromatic carbocycles. The lowest BCUT2D eigenvalue weighted by atomic mass is 10.1. The van der Waals surface area contributed by atoms with Crippen LogP contribution >= 0.6 is 0 Å². The summed E-state index contributed by atoms with van der Waals surface area (Å²) in [4.78, 5) is 8.82. The Kier molecular flexibility index (Phi) is 5.37. The zero-order valence-electron chi connectivity index (χ0n) is 17.9. The van der Waals surface area contributed by atoms with E-state index in [4.69, 9.17) is 23.9 Å². The molecule has 5 rings (SSSR count). The first kappa shape index (κ1) is 19.9. The number of ether oxygens (including phenoxy) is 4. The molecule has 0 bridgehead atoms. The van der Waals surface area contributed by atoms with Gasteiger partial charge >= 0.3 is 0 Å². The lowest BCUT2D eigenvalue weighted by Gasteiger charge is -2.15. The smallest absolute Gasteiger partial charge is 0.231 e. The van der Waals surface area contributed by atoms with Gasteiger partial charge in [0, 0.05) is 35.3 Å². The van der Waals surface area contributed by atoms with E-state index in [1.165, 1.54) is 0 Å². The van der Waals surface area contributed by atoms with E-state index in [0.29, 0.717) is 34.8 Å². The predicted molar refractivity (Wildman–Crippen MR) is 119 cm³/mol. The average Bonchev–Trinajstić information content (AvgIpc) is 3.52. The molecule has 0 radical (unpaired) electrons. The summed E-state index contributed by atoms with van der Waals surface area (Å²) in [5.74, 6) is 3.78. The van der Waals surface area contributed by atoms with Crippen molar-refractivity contribution in [2.24, 2.45) is 0 Å². The number of benzene rings is 2. The molecule has 1 aliphatic heterocycles. The first-order valence-corrected chi connectivity index (χ1v) is 10.6. The van der Waals surface area contributed by atoms with Crippen molar-refractivity contribution in [3.8, 4) is 40.4 Å². The zero-order valence-corrected chi connectivity index (χ0v) is 17.9. The van der Waals surface area contributed by atoms with Gasteiger partial charge in [-0.1, -0.05) is 13.8 Å². The van der Waals surface area contributed by atoms with Gasteiger partial charge in [-0.25, -0.2) is 4.98 Å². The molecule has 162 valence electrons. The van der Waals surface area contributed by atoms with Crippen LogP contribution in [0.5, 0.6) is 34.8 Å². The van der Waals surface area contributed by atoms with Crippen LogP contribution in [0.1, 0.15) is 25.0 Å². The van der Waals surface area contributed by atoms with Crippen molar-refractivity contribution < 1.29 is 18.9 Å². The van der Waals surface area contributed by atoms with Gasteiger partial charge in [-0.2, -0.15) is 4.98 Å². The molecule has 0 spiro atoms. The molecule has 0 fully saturated rings. The minimum atomic E-state index is 0.222. The van der Waals surface area contributed by atoms with Crippen LogP contribution in [-0.4, -0.2) is 21.3 Å². The molecule has 2 aromatic heterocycles. The Morgan fingerprint density at radius 3 is 2.22 bits per heavy atom. The minimum Gasteiger partial charge on any atom is -0.454 e. The van der Waals surface area contributed by atoms with Crippen LogP contribution in [-0.2, 0) is 12.8 Å². The van der Waals surface area contributed by atoms with E-state index < -0.39 is 0 Å². The van der Waals surface area contributed by atoms with Gasteiger partial charge in [0.25, 0.3) is 0 Å². The Bertz CT molecular complexity index is 1220. The van der Waals surface area contributed by atoms with E-state index in [-0.39, 0.29) is 6.79 Å². The van der Waals surface area contributed by atoms with Crippen LogP contribution in [0.25, 0.3) is 5.69 Å². The highest BCUT2D eigenvalue weighted by Gasteiger charge is 2.17. The van der Waals surface area contributed by atoms with Gasteiger partial charge in [-0.05, 0) is 55.3 Å². The van der Waals surface area contributed by atoms with Crippen LogP contribution in [0.4, 0.5) is 0 Å². The number of pyridine rings is 1. The van der Waals surface area contributed by atoms with Gasteiger partial charge in [-0.3, -0.25) is 0 Å². The highest BCUT2D eigenvalue weighted by atomic mass is 16.7. The van der Waals surface area contributed by atoms with Crippen molar-refractivity contribution in [2.45, 2.75) is 26.7 Å². The molecule has 1 aliphatic rings. The monoisotopic (exact) mass is 429 g/mol. The lowest BCUT2D eigenvalue weighted by molar-refractivity contribution is 0.174. The molecule has 4 aromatic rings. The predicted octanol–water partition coefficient (Wildman–Crippen LogP) is 5.71. The van der Waals surface area contributed by atoms with Gasteiger partial charge in [0.1, 0.15) is 11.5 Å². The Hall–Kier alpha value is -4.00. The van der Waals surface area contributed by atoms with E-state index in [1.807, 2.05) is 53.2 Å². The summed E-state index contributed by atoms with van der Waals surface area (Å²) in [6, 6.07) is 15.4. The number of aryl methyl sites for hydroxylation is 2. The van der Waals surface area contributed by atoms with Gasteiger partial charge in [0.05, 0.1) is 6.33 Å². The fourth-order valence-corrected chi connectivity index (χ4v) is 3.51. The molecule has 0 atom stereocenters. The van der Waals surface area contributed by atoms with Crippen LogP contribution in [0.3, 0.4) is 0 Å². The van der Waals surface area contributed by atoms with Crippen LogP contribution in [0.2, 0.25) is 0 Å². The summed E-state index contributed by atoms with van der Waals surface area (Å²) in [5.41, 5.74) is 3.05. The molecule has 0 saturated carbocycles. The molecule has 0 N–H and O–H groups in total. The molecule has 0 unspecified atom stereocenters. The number of hydrogen-bond donors (Lipinski definition) is 0. The molecule has 0 aliphatic carbocycles. The number of hydrogen-bond acceptors (Lipinski definition) is 6. The fraction of sp³-hybridized carbons (Fsp3) is 0.200. The van der Waals surface area contributed by atoms with Crippen molar-refractivity contribution in [2.75, 3.05) is 6.79 Å². The Labute approximate surface area is 186 Å². The quantitative estimate of drug-likeness (QED) is 0.375. The molecule has 0 saturated heterocycles. The summed E-state index contributed by atoms with van der Waals surface area (Å²) < 4.78 is 25.1. The van der Waals surface area contributed by atoms with E-state index in [1.54, 1.807) is 12.5 Å². The maximum absolute atomic E-state index is 6.16. The second-order valence-electron chi connectivity index (χ2n) is 7.31. The molecular formula is C25H23N3O4. The third-order valence-corrected chi connectivity index (χ3v) is 5.28. The fourth-order valence-electron chi connectivity index (χ4n) is 3.51. The molecule has 7 nitrogen and oxygen atoms in total. The summed E-state index contributed by atoms with van der Waals surface area (Å²) in [7, 11) is 0. The zero-order chi connectivity index (χ0) is 21.9. The van der Waals surface area contributed by atoms with Crippen molar-refractivity contribution in [1.82, 2.24) is 14.5 Å². The number of nitrogens with zero attached hydrogens (tertiary/aromatic N) is 3. The van der Waals surface area contributed by atoms with E-state index in [2.05, 4.69) is 24.9 Å². The molecule has 7 heteroatoms. The van der Waals surface area contributed by atoms with Gasteiger partial charge in [0.15, 0.2) is 11.5 Å². The van der Waals surface area contributed by atoms with E-state index >= 15 is 0 Å². The Morgan fingerprint density at radius 2 is 1.53 bits per heavy atom. The third kappa shape index (κ3) is 3.97. The largest absolute Gasteiger partial charge is 0.454 e. The number of aromatic nitrogens is 3.